The molecule has 2 aromatic heterocycles. The molecule has 3 aromatic rings. The fourth-order valence-electron chi connectivity index (χ4n) is 2.30. The Hall–Kier alpha value is -2.74. The van der Waals surface area contributed by atoms with Gasteiger partial charge in [-0.25, -0.2) is 0 Å². The van der Waals surface area contributed by atoms with Crippen molar-refractivity contribution in [1.82, 2.24) is 14.6 Å². The molecule has 0 aliphatic carbocycles. The minimum absolute atomic E-state index is 0.136. The fraction of sp³-hybridized carbons (Fsp3) is 0.200. The first-order valence-corrected chi connectivity index (χ1v) is 7.77. The normalized spacial score (nSPS) is 10.7. The highest BCUT2D eigenvalue weighted by Gasteiger charge is 2.18. The van der Waals surface area contributed by atoms with Gasteiger partial charge in [-0.3, -0.25) is 14.0 Å². The Balaban J connectivity index is 1.80. The average molecular weight is 329 g/mol. The van der Waals surface area contributed by atoms with Crippen molar-refractivity contribution < 1.29 is 9.59 Å². The van der Waals surface area contributed by atoms with Crippen LogP contribution in [0, 0.1) is 13.8 Å². The van der Waals surface area contributed by atoms with Crippen molar-refractivity contribution in [3.05, 3.63) is 40.7 Å². The minimum Gasteiger partial charge on any atom is -0.326 e. The summed E-state index contributed by atoms with van der Waals surface area (Å²) in [5.74, 6) is 0.431. The predicted molar refractivity (Wildman–Crippen MR) is 89.0 cm³/mol. The third kappa shape index (κ3) is 2.93. The zero-order valence-corrected chi connectivity index (χ0v) is 13.7. The van der Waals surface area contributed by atoms with E-state index in [1.54, 1.807) is 24.3 Å². The van der Waals surface area contributed by atoms with Gasteiger partial charge in [0.2, 0.25) is 10.9 Å². The van der Waals surface area contributed by atoms with Crippen molar-refractivity contribution in [2.24, 2.45) is 0 Å². The molecular formula is C15H15N5O2S. The summed E-state index contributed by atoms with van der Waals surface area (Å²) in [5, 5.41) is 13.6. The highest BCUT2D eigenvalue weighted by molar-refractivity contribution is 7.19. The van der Waals surface area contributed by atoms with E-state index < -0.39 is 0 Å². The number of hydrogen-bond donors (Lipinski definition) is 2. The number of benzene rings is 1. The summed E-state index contributed by atoms with van der Waals surface area (Å²) in [6.07, 6.45) is 0. The van der Waals surface area contributed by atoms with Crippen LogP contribution in [0.15, 0.2) is 24.3 Å². The standard InChI is InChI=1S/C15H15N5O2S/c1-8-13(23-15-19-18-9(2)20(8)15)14(22)17-12-6-4-11(5-7-12)16-10(3)21/h4-7H,1-3H3,(H,16,21)(H,17,22). The molecule has 2 amide bonds. The molecule has 0 aliphatic heterocycles. The van der Waals surface area contributed by atoms with Crippen LogP contribution in [0.25, 0.3) is 4.96 Å². The summed E-state index contributed by atoms with van der Waals surface area (Å²) in [4.78, 5) is 24.7. The number of carbonyl (C=O) groups is 2. The maximum atomic E-state index is 12.4. The van der Waals surface area contributed by atoms with E-state index in [1.165, 1.54) is 18.3 Å². The van der Waals surface area contributed by atoms with Crippen LogP contribution in [0.5, 0.6) is 0 Å². The van der Waals surface area contributed by atoms with Crippen molar-refractivity contribution in [1.29, 1.82) is 0 Å². The van der Waals surface area contributed by atoms with E-state index in [-0.39, 0.29) is 11.8 Å². The zero-order chi connectivity index (χ0) is 16.6. The van der Waals surface area contributed by atoms with Gasteiger partial charge in [0.15, 0.2) is 0 Å². The lowest BCUT2D eigenvalue weighted by Crippen LogP contribution is -2.12. The van der Waals surface area contributed by atoms with Crippen molar-refractivity contribution >= 4 is 39.5 Å². The average Bonchev–Trinajstić information content (AvgIpc) is 3.02. The Bertz CT molecular complexity index is 895. The molecular weight excluding hydrogens is 314 g/mol. The number of nitrogens with one attached hydrogen (secondary N) is 2. The van der Waals surface area contributed by atoms with Crippen molar-refractivity contribution in [2.45, 2.75) is 20.8 Å². The van der Waals surface area contributed by atoms with Crippen LogP contribution < -0.4 is 10.6 Å². The summed E-state index contributed by atoms with van der Waals surface area (Å²) in [5.41, 5.74) is 2.16. The molecule has 0 radical (unpaired) electrons. The second-order valence-electron chi connectivity index (χ2n) is 5.09. The second kappa shape index (κ2) is 5.81. The molecule has 0 bridgehead atoms. The third-order valence-electron chi connectivity index (χ3n) is 3.32. The lowest BCUT2D eigenvalue weighted by atomic mass is 10.2. The van der Waals surface area contributed by atoms with Gasteiger partial charge in [-0.05, 0) is 38.1 Å². The van der Waals surface area contributed by atoms with Gasteiger partial charge in [0.25, 0.3) is 5.91 Å². The Morgan fingerprint density at radius 2 is 1.65 bits per heavy atom. The van der Waals surface area contributed by atoms with Gasteiger partial charge in [0.1, 0.15) is 10.7 Å². The Morgan fingerprint density at radius 1 is 1.04 bits per heavy atom. The molecule has 0 saturated carbocycles. The van der Waals surface area contributed by atoms with E-state index in [0.717, 1.165) is 11.5 Å². The summed E-state index contributed by atoms with van der Waals surface area (Å²) in [7, 11) is 0. The molecule has 118 valence electrons. The van der Waals surface area contributed by atoms with Gasteiger partial charge in [0.05, 0.1) is 0 Å². The first-order chi connectivity index (χ1) is 11.0. The van der Waals surface area contributed by atoms with Gasteiger partial charge in [-0.1, -0.05) is 11.3 Å². The lowest BCUT2D eigenvalue weighted by Gasteiger charge is -2.06. The molecule has 0 aliphatic rings. The number of nitrogens with zero attached hydrogens (tertiary/aromatic N) is 3. The Kier molecular flexibility index (Phi) is 3.83. The first-order valence-electron chi connectivity index (χ1n) is 6.96. The molecule has 0 saturated heterocycles. The molecule has 2 N–H and O–H groups in total. The van der Waals surface area contributed by atoms with Gasteiger partial charge < -0.3 is 10.6 Å². The summed E-state index contributed by atoms with van der Waals surface area (Å²) in [6, 6.07) is 6.95. The quantitative estimate of drug-likeness (QED) is 0.773. The highest BCUT2D eigenvalue weighted by atomic mass is 32.1. The third-order valence-corrected chi connectivity index (χ3v) is 4.45. The number of anilines is 2. The molecule has 2 heterocycles. The number of hydrogen-bond acceptors (Lipinski definition) is 5. The van der Waals surface area contributed by atoms with E-state index in [0.29, 0.717) is 21.2 Å². The van der Waals surface area contributed by atoms with E-state index in [9.17, 15) is 9.59 Å². The number of aromatic nitrogens is 3. The number of fused-ring (bicyclic) bond motifs is 1. The van der Waals surface area contributed by atoms with E-state index in [2.05, 4.69) is 20.8 Å². The number of rotatable bonds is 3. The maximum absolute atomic E-state index is 12.4. The topological polar surface area (TPSA) is 88.4 Å². The molecule has 0 atom stereocenters. The number of thiazole rings is 1. The van der Waals surface area contributed by atoms with Gasteiger partial charge in [-0.2, -0.15) is 0 Å². The van der Waals surface area contributed by atoms with Gasteiger partial charge in [0, 0.05) is 24.0 Å². The van der Waals surface area contributed by atoms with Gasteiger partial charge in [-0.15, -0.1) is 10.2 Å². The largest absolute Gasteiger partial charge is 0.326 e. The number of carbonyl (C=O) groups excluding carboxylic acids is 2. The van der Waals surface area contributed by atoms with Crippen molar-refractivity contribution in [3.63, 3.8) is 0 Å². The van der Waals surface area contributed by atoms with E-state index >= 15 is 0 Å². The van der Waals surface area contributed by atoms with Crippen molar-refractivity contribution in [2.75, 3.05) is 10.6 Å². The molecule has 8 heteroatoms. The second-order valence-corrected chi connectivity index (χ2v) is 6.07. The zero-order valence-electron chi connectivity index (χ0n) is 12.9. The van der Waals surface area contributed by atoms with Crippen LogP contribution in [0.4, 0.5) is 11.4 Å². The smallest absolute Gasteiger partial charge is 0.267 e. The first kappa shape index (κ1) is 15.2. The van der Waals surface area contributed by atoms with E-state index in [4.69, 9.17) is 0 Å². The number of aryl methyl sites for hydroxylation is 2. The molecule has 0 spiro atoms. The summed E-state index contributed by atoms with van der Waals surface area (Å²) >= 11 is 1.30. The molecule has 7 nitrogen and oxygen atoms in total. The molecule has 23 heavy (non-hydrogen) atoms. The van der Waals surface area contributed by atoms with Crippen LogP contribution in [0.1, 0.15) is 28.1 Å². The summed E-state index contributed by atoms with van der Waals surface area (Å²) < 4.78 is 1.86. The van der Waals surface area contributed by atoms with Crippen LogP contribution in [0.3, 0.4) is 0 Å². The lowest BCUT2D eigenvalue weighted by molar-refractivity contribution is -0.114. The van der Waals surface area contributed by atoms with Gasteiger partial charge >= 0.3 is 0 Å². The van der Waals surface area contributed by atoms with Crippen LogP contribution >= 0.6 is 11.3 Å². The molecule has 3 rings (SSSR count). The monoisotopic (exact) mass is 329 g/mol. The predicted octanol–water partition coefficient (Wildman–Crippen LogP) is 2.62. The number of amides is 2. The van der Waals surface area contributed by atoms with Crippen LogP contribution in [-0.2, 0) is 4.79 Å². The van der Waals surface area contributed by atoms with Crippen LogP contribution in [-0.4, -0.2) is 26.4 Å². The minimum atomic E-state index is -0.190. The SMILES string of the molecule is CC(=O)Nc1ccc(NC(=O)c2sc3nnc(C)n3c2C)cc1. The maximum Gasteiger partial charge on any atom is 0.267 e. The Morgan fingerprint density at radius 3 is 2.22 bits per heavy atom. The molecule has 0 unspecified atom stereocenters. The Labute approximate surface area is 136 Å². The highest BCUT2D eigenvalue weighted by Crippen LogP contribution is 2.24. The molecule has 0 fully saturated rings. The van der Waals surface area contributed by atoms with E-state index in [1.807, 2.05) is 18.2 Å². The van der Waals surface area contributed by atoms with Crippen molar-refractivity contribution in [3.8, 4) is 0 Å². The van der Waals surface area contributed by atoms with Crippen LogP contribution in [0.2, 0.25) is 0 Å². The summed E-state index contributed by atoms with van der Waals surface area (Å²) in [6.45, 7) is 5.17. The molecule has 1 aromatic carbocycles. The fourth-order valence-corrected chi connectivity index (χ4v) is 3.31.